The van der Waals surface area contributed by atoms with Gasteiger partial charge in [-0.05, 0) is 29.7 Å². The smallest absolute Gasteiger partial charge is 0.220 e. The van der Waals surface area contributed by atoms with E-state index in [4.69, 9.17) is 4.74 Å². The molecule has 2 N–H and O–H groups in total. The van der Waals surface area contributed by atoms with E-state index >= 15 is 0 Å². The third kappa shape index (κ3) is 2.89. The molecular formula is C18H22N4O2. The normalized spacial score (nSPS) is 22.8. The van der Waals surface area contributed by atoms with Gasteiger partial charge in [0.2, 0.25) is 5.91 Å². The summed E-state index contributed by atoms with van der Waals surface area (Å²) in [6, 6.07) is 8.50. The molecule has 3 heterocycles. The van der Waals surface area contributed by atoms with E-state index in [2.05, 4.69) is 33.9 Å². The number of aromatic nitrogens is 2. The average molecular weight is 326 g/mol. The van der Waals surface area contributed by atoms with Crippen molar-refractivity contribution in [3.05, 3.63) is 47.3 Å². The molecule has 2 aromatic rings. The number of carbonyl (C=O) groups is 1. The summed E-state index contributed by atoms with van der Waals surface area (Å²) < 4.78 is 7.39. The number of nitrogens with one attached hydrogen (secondary N) is 2. The minimum atomic E-state index is -0.0449. The Labute approximate surface area is 141 Å². The van der Waals surface area contributed by atoms with Crippen LogP contribution in [0.15, 0.2) is 30.5 Å². The van der Waals surface area contributed by atoms with E-state index < -0.39 is 0 Å². The Balaban J connectivity index is 1.48. The van der Waals surface area contributed by atoms with Crippen molar-refractivity contribution in [3.63, 3.8) is 0 Å². The van der Waals surface area contributed by atoms with E-state index in [1.807, 2.05) is 17.8 Å². The largest absolute Gasteiger partial charge is 0.493 e. The highest BCUT2D eigenvalue weighted by molar-refractivity contribution is 5.77. The number of aryl methyl sites for hydroxylation is 1. The summed E-state index contributed by atoms with van der Waals surface area (Å²) >= 11 is 0. The lowest BCUT2D eigenvalue weighted by atomic mass is 9.95. The molecule has 0 bridgehead atoms. The molecular weight excluding hydrogens is 304 g/mol. The Morgan fingerprint density at radius 1 is 1.38 bits per heavy atom. The molecule has 24 heavy (non-hydrogen) atoms. The second-order valence-corrected chi connectivity index (χ2v) is 6.49. The number of benzene rings is 1. The lowest BCUT2D eigenvalue weighted by Gasteiger charge is -2.33. The highest BCUT2D eigenvalue weighted by Crippen LogP contribution is 2.27. The van der Waals surface area contributed by atoms with Crippen LogP contribution in [0.3, 0.4) is 0 Å². The highest BCUT2D eigenvalue weighted by Gasteiger charge is 2.31. The molecule has 0 saturated carbocycles. The Morgan fingerprint density at radius 3 is 3.12 bits per heavy atom. The first kappa shape index (κ1) is 15.2. The van der Waals surface area contributed by atoms with Crippen molar-refractivity contribution in [1.82, 2.24) is 20.4 Å². The van der Waals surface area contributed by atoms with Crippen LogP contribution in [-0.2, 0) is 24.8 Å². The second-order valence-electron chi connectivity index (χ2n) is 6.49. The minimum absolute atomic E-state index is 0.0449. The first-order valence-electron chi connectivity index (χ1n) is 8.46. The van der Waals surface area contributed by atoms with Crippen LogP contribution in [0, 0.1) is 0 Å². The van der Waals surface area contributed by atoms with E-state index in [9.17, 15) is 4.79 Å². The Morgan fingerprint density at radius 2 is 2.29 bits per heavy atom. The van der Waals surface area contributed by atoms with Crippen molar-refractivity contribution in [2.75, 3.05) is 6.61 Å². The summed E-state index contributed by atoms with van der Waals surface area (Å²) in [4.78, 5) is 11.8. The first-order chi connectivity index (χ1) is 11.7. The summed E-state index contributed by atoms with van der Waals surface area (Å²) in [6.07, 6.45) is 4.15. The Kier molecular flexibility index (Phi) is 3.98. The summed E-state index contributed by atoms with van der Waals surface area (Å²) in [5.74, 6) is 1.12. The fraction of sp³-hybridized carbons (Fsp3) is 0.444. The van der Waals surface area contributed by atoms with Gasteiger partial charge in [0.25, 0.3) is 0 Å². The average Bonchev–Trinajstić information content (AvgIpc) is 3.21. The van der Waals surface area contributed by atoms with Gasteiger partial charge in [-0.25, -0.2) is 0 Å². The van der Waals surface area contributed by atoms with E-state index in [-0.39, 0.29) is 18.0 Å². The zero-order valence-electron chi connectivity index (χ0n) is 13.8. The van der Waals surface area contributed by atoms with Gasteiger partial charge < -0.3 is 15.4 Å². The third-order valence-electron chi connectivity index (χ3n) is 4.90. The standard InChI is InChI=1S/C18H22N4O2/c1-22-15(6-8-20-22)18-14(3-5-17(23)21-18)19-11-12-2-4-16-13(10-12)7-9-24-16/h2,4,6,8,10,14,18-19H,3,5,7,9,11H2,1H3,(H,21,23)/t14-,18-/m1/s1. The zero-order chi connectivity index (χ0) is 16.5. The fourth-order valence-corrected chi connectivity index (χ4v) is 3.59. The Hall–Kier alpha value is -2.34. The SMILES string of the molecule is Cn1nccc1[C@@H]1NC(=O)CC[C@H]1NCc1ccc2c(c1)CCO2. The summed E-state index contributed by atoms with van der Waals surface area (Å²) in [6.45, 7) is 1.56. The quantitative estimate of drug-likeness (QED) is 0.893. The lowest BCUT2D eigenvalue weighted by molar-refractivity contribution is -0.124. The fourth-order valence-electron chi connectivity index (χ4n) is 3.59. The van der Waals surface area contributed by atoms with E-state index in [0.29, 0.717) is 6.42 Å². The van der Waals surface area contributed by atoms with Crippen LogP contribution in [0.25, 0.3) is 0 Å². The number of hydrogen-bond donors (Lipinski definition) is 2. The van der Waals surface area contributed by atoms with Gasteiger partial charge >= 0.3 is 0 Å². The van der Waals surface area contributed by atoms with Crippen LogP contribution in [0.2, 0.25) is 0 Å². The van der Waals surface area contributed by atoms with Crippen LogP contribution < -0.4 is 15.4 Å². The van der Waals surface area contributed by atoms with Gasteiger partial charge in [0.1, 0.15) is 5.75 Å². The lowest BCUT2D eigenvalue weighted by Crippen LogP contribution is -2.48. The number of ether oxygens (including phenoxy) is 1. The Bertz CT molecular complexity index is 755. The molecule has 1 fully saturated rings. The van der Waals surface area contributed by atoms with Crippen molar-refractivity contribution in [2.45, 2.75) is 37.9 Å². The van der Waals surface area contributed by atoms with Gasteiger partial charge in [-0.15, -0.1) is 0 Å². The second kappa shape index (κ2) is 6.28. The number of carbonyl (C=O) groups excluding carboxylic acids is 1. The third-order valence-corrected chi connectivity index (χ3v) is 4.90. The molecule has 2 aliphatic heterocycles. The van der Waals surface area contributed by atoms with Crippen LogP contribution >= 0.6 is 0 Å². The predicted octanol–water partition coefficient (Wildman–Crippen LogP) is 1.46. The van der Waals surface area contributed by atoms with Gasteiger partial charge in [-0.3, -0.25) is 9.48 Å². The maximum absolute atomic E-state index is 11.8. The molecule has 0 unspecified atom stereocenters. The van der Waals surface area contributed by atoms with Crippen LogP contribution in [-0.4, -0.2) is 28.3 Å². The van der Waals surface area contributed by atoms with Crippen LogP contribution in [0.4, 0.5) is 0 Å². The van der Waals surface area contributed by atoms with Gasteiger partial charge in [0.15, 0.2) is 0 Å². The molecule has 6 heteroatoms. The minimum Gasteiger partial charge on any atom is -0.493 e. The molecule has 126 valence electrons. The van der Waals surface area contributed by atoms with Crippen molar-refractivity contribution >= 4 is 5.91 Å². The molecule has 2 aliphatic rings. The maximum Gasteiger partial charge on any atom is 0.220 e. The van der Waals surface area contributed by atoms with E-state index in [0.717, 1.165) is 37.4 Å². The van der Waals surface area contributed by atoms with Crippen molar-refractivity contribution < 1.29 is 9.53 Å². The molecule has 0 aliphatic carbocycles. The van der Waals surface area contributed by atoms with E-state index in [1.165, 1.54) is 11.1 Å². The van der Waals surface area contributed by atoms with Crippen LogP contribution in [0.1, 0.15) is 35.7 Å². The number of hydrogen-bond acceptors (Lipinski definition) is 4. The molecule has 1 aromatic carbocycles. The number of piperidine rings is 1. The molecule has 0 spiro atoms. The first-order valence-corrected chi connectivity index (χ1v) is 8.46. The number of amides is 1. The van der Waals surface area contributed by atoms with Gasteiger partial charge in [0.05, 0.1) is 18.3 Å². The molecule has 1 saturated heterocycles. The van der Waals surface area contributed by atoms with Gasteiger partial charge in [-0.1, -0.05) is 12.1 Å². The molecule has 1 aromatic heterocycles. The zero-order valence-corrected chi connectivity index (χ0v) is 13.8. The molecule has 4 rings (SSSR count). The van der Waals surface area contributed by atoms with E-state index in [1.54, 1.807) is 6.20 Å². The van der Waals surface area contributed by atoms with Crippen molar-refractivity contribution in [3.8, 4) is 5.75 Å². The number of rotatable bonds is 4. The molecule has 6 nitrogen and oxygen atoms in total. The topological polar surface area (TPSA) is 68.2 Å². The highest BCUT2D eigenvalue weighted by atomic mass is 16.5. The van der Waals surface area contributed by atoms with Crippen molar-refractivity contribution in [2.24, 2.45) is 7.05 Å². The van der Waals surface area contributed by atoms with Crippen molar-refractivity contribution in [1.29, 1.82) is 0 Å². The molecule has 1 amide bonds. The van der Waals surface area contributed by atoms with Gasteiger partial charge in [-0.2, -0.15) is 5.10 Å². The molecule has 0 radical (unpaired) electrons. The summed E-state index contributed by atoms with van der Waals surface area (Å²) in [7, 11) is 1.91. The molecule has 2 atom stereocenters. The van der Waals surface area contributed by atoms with Gasteiger partial charge in [0, 0.05) is 38.7 Å². The van der Waals surface area contributed by atoms with Crippen LogP contribution in [0.5, 0.6) is 5.75 Å². The number of fused-ring (bicyclic) bond motifs is 1. The monoisotopic (exact) mass is 326 g/mol. The predicted molar refractivity (Wildman–Crippen MR) is 89.6 cm³/mol. The number of nitrogens with zero attached hydrogens (tertiary/aromatic N) is 2. The maximum atomic E-state index is 11.8. The summed E-state index contributed by atoms with van der Waals surface area (Å²) in [5.41, 5.74) is 3.57. The summed E-state index contributed by atoms with van der Waals surface area (Å²) in [5, 5.41) is 11.0.